The van der Waals surface area contributed by atoms with Crippen LogP contribution in [-0.2, 0) is 0 Å². The maximum Gasteiger partial charge on any atom is 1.00 e. The smallest absolute Gasteiger partial charge is 0.857 e. The van der Waals surface area contributed by atoms with Crippen LogP contribution in [0, 0.1) is 43.1 Å². The number of aryl methyl sites for hydroxylation is 4. The van der Waals surface area contributed by atoms with Crippen LogP contribution in [-0.4, -0.2) is 42.0 Å². The summed E-state index contributed by atoms with van der Waals surface area (Å²) in [5, 5.41) is 29.9. The Kier molecular flexibility index (Phi) is 19.6. The van der Waals surface area contributed by atoms with Crippen molar-refractivity contribution in [2.24, 2.45) is 0 Å². The van der Waals surface area contributed by atoms with Crippen LogP contribution in [0.3, 0.4) is 0 Å². The van der Waals surface area contributed by atoms with Crippen molar-refractivity contribution < 1.29 is 54.0 Å². The summed E-state index contributed by atoms with van der Waals surface area (Å²) in [6, 6.07) is 13.4. The number of thioether (sulfide) groups is 1. The van der Waals surface area contributed by atoms with Gasteiger partial charge in [0.15, 0.2) is 4.77 Å². The molecule has 1 heterocycles. The number of halogens is 4. The number of nitrogens with two attached hydrogens (primary N) is 1. The third-order valence-corrected chi connectivity index (χ3v) is 9.50. The van der Waals surface area contributed by atoms with Crippen LogP contribution in [0.4, 0.5) is 5.69 Å². The van der Waals surface area contributed by atoms with Crippen LogP contribution in [0.5, 0.6) is 11.5 Å². The number of nitrogen functional groups attached to an aromatic ring is 1. The number of nitrogens with zero attached hydrogens (tertiary/aromatic N) is 2. The normalized spacial score (nSPS) is 9.83. The molecule has 0 aliphatic carbocycles. The Labute approximate surface area is 352 Å². The first kappa shape index (κ1) is 47.1. The molecule has 4 aromatic carbocycles. The Morgan fingerprint density at radius 1 is 0.865 bits per heavy atom. The molecule has 0 aliphatic rings. The van der Waals surface area contributed by atoms with Crippen LogP contribution in [0.2, 0.25) is 20.1 Å². The molecular formula is C35H33Cl4N4NaO6S2. The molecule has 0 atom stereocenters. The minimum Gasteiger partial charge on any atom is -0.857 e. The largest absolute Gasteiger partial charge is 1.00 e. The van der Waals surface area contributed by atoms with Crippen molar-refractivity contribution in [1.29, 1.82) is 5.26 Å². The second-order valence-electron chi connectivity index (χ2n) is 10.4. The number of thiocyanates is 1. The van der Waals surface area contributed by atoms with Crippen molar-refractivity contribution in [3.63, 3.8) is 0 Å². The van der Waals surface area contributed by atoms with E-state index < -0.39 is 5.97 Å². The zero-order valence-electron chi connectivity index (χ0n) is 29.4. The molecule has 0 bridgehead atoms. The fourth-order valence-corrected chi connectivity index (χ4v) is 6.14. The SMILES string of the molecule is COc1cc(-n2c(=S)[nH]c3cc(C)c(Cl)cc3c2=O)c(C)cc1Cl.COc1cc(SC#N)c(C)cc1Cl.C[O-].Cc1cc(N)c(C(=O)O)cc1Cl.[Na+]. The van der Waals surface area contributed by atoms with Gasteiger partial charge in [0.25, 0.3) is 5.56 Å². The number of methoxy groups -OCH3 is 2. The first-order chi connectivity index (χ1) is 24.0. The predicted octanol–water partition coefficient (Wildman–Crippen LogP) is 6.12. The summed E-state index contributed by atoms with van der Waals surface area (Å²) in [4.78, 5) is 27.5. The van der Waals surface area contributed by atoms with E-state index in [1.54, 1.807) is 50.4 Å². The Morgan fingerprint density at radius 3 is 1.92 bits per heavy atom. The van der Waals surface area contributed by atoms with Gasteiger partial charge in [0.05, 0.1) is 46.4 Å². The van der Waals surface area contributed by atoms with Gasteiger partial charge in [-0.25, -0.2) is 4.79 Å². The summed E-state index contributed by atoms with van der Waals surface area (Å²) >= 11 is 30.4. The number of hydrogen-bond donors (Lipinski definition) is 3. The van der Waals surface area contributed by atoms with Crippen molar-refractivity contribution in [2.45, 2.75) is 32.6 Å². The zero-order chi connectivity index (χ0) is 38.7. The van der Waals surface area contributed by atoms with E-state index in [4.69, 9.17) is 89.3 Å². The number of rotatable bonds is 5. The van der Waals surface area contributed by atoms with Gasteiger partial charge < -0.3 is 30.4 Å². The first-order valence-corrected chi connectivity index (χ1v) is 17.2. The number of fused-ring (bicyclic) bond motifs is 1. The summed E-state index contributed by atoms with van der Waals surface area (Å²) in [6.07, 6.45) is 0. The molecule has 52 heavy (non-hydrogen) atoms. The molecule has 0 saturated carbocycles. The molecule has 0 unspecified atom stereocenters. The standard InChI is InChI=1S/C17H14Cl2N2O2S.C9H8ClNOS.C8H8ClNO2.CH3O.Na/c1-8-5-13-10(6-11(8)18)16(22)21(17(24)20-13)14-7-15(23-3)12(19)4-9(14)2;1-6-3-7(10)8(12-2)4-9(6)13-5-11;1-4-2-7(10)5(8(11)12)3-6(4)9;1-2;/h4-7H,1-3H3,(H,20,24);3-4H,1-2H3;2-3H,10H2,1H3,(H,11,12);1H3;/q;;;-1;+1. The molecule has 4 N–H and O–H groups in total. The van der Waals surface area contributed by atoms with Gasteiger partial charge in [-0.2, -0.15) is 12.4 Å². The number of nitriles is 1. The third-order valence-electron chi connectivity index (χ3n) is 7.05. The molecule has 10 nitrogen and oxygen atoms in total. The number of carbonyl (C=O) groups is 1. The average molecular weight is 835 g/mol. The Hall–Kier alpha value is -2.93. The number of carboxylic acids is 1. The number of H-pyrrole nitrogens is 1. The molecule has 1 aromatic heterocycles. The van der Waals surface area contributed by atoms with E-state index >= 15 is 0 Å². The van der Waals surface area contributed by atoms with E-state index in [1.165, 1.54) is 17.7 Å². The summed E-state index contributed by atoms with van der Waals surface area (Å²) in [5.41, 5.74) is 10.2. The van der Waals surface area contributed by atoms with E-state index in [-0.39, 0.29) is 46.4 Å². The average Bonchev–Trinajstić information content (AvgIpc) is 3.07. The minimum atomic E-state index is -1.06. The molecule has 5 rings (SSSR count). The Bertz CT molecular complexity index is 2240. The minimum absolute atomic E-state index is 0. The van der Waals surface area contributed by atoms with Crippen molar-refractivity contribution in [3.8, 4) is 22.6 Å². The predicted molar refractivity (Wildman–Crippen MR) is 208 cm³/mol. The van der Waals surface area contributed by atoms with Crippen molar-refractivity contribution in [3.05, 3.63) is 112 Å². The number of aromatic carboxylic acids is 1. The fraction of sp³-hybridized carbons (Fsp3) is 0.200. The van der Waals surface area contributed by atoms with Crippen molar-refractivity contribution in [2.75, 3.05) is 27.1 Å². The number of nitrogens with one attached hydrogen (secondary N) is 1. The maximum atomic E-state index is 13.0. The van der Waals surface area contributed by atoms with Gasteiger partial charge in [0.1, 0.15) is 16.9 Å². The number of anilines is 1. The van der Waals surface area contributed by atoms with Crippen LogP contribution in [0.1, 0.15) is 32.6 Å². The van der Waals surface area contributed by atoms with E-state index in [2.05, 4.69) is 4.98 Å². The molecule has 0 radical (unpaired) electrons. The Morgan fingerprint density at radius 2 is 1.38 bits per heavy atom. The zero-order valence-corrected chi connectivity index (χ0v) is 36.1. The van der Waals surface area contributed by atoms with Gasteiger partial charge in [-0.15, -0.1) is 0 Å². The number of ether oxygens (including phenoxy) is 2. The first-order valence-electron chi connectivity index (χ1n) is 14.4. The summed E-state index contributed by atoms with van der Waals surface area (Å²) < 4.78 is 12.0. The van der Waals surface area contributed by atoms with Crippen molar-refractivity contribution in [1.82, 2.24) is 9.55 Å². The number of aromatic amines is 1. The van der Waals surface area contributed by atoms with Crippen LogP contribution in [0.25, 0.3) is 16.6 Å². The second-order valence-corrected chi connectivity index (χ2v) is 13.3. The number of hydrogen-bond acceptors (Lipinski definition) is 9. The van der Waals surface area contributed by atoms with E-state index in [9.17, 15) is 9.59 Å². The van der Waals surface area contributed by atoms with E-state index in [0.29, 0.717) is 53.0 Å². The molecule has 0 saturated heterocycles. The number of carboxylic acid groups (broad SMARTS) is 1. The molecule has 5 aromatic rings. The van der Waals surface area contributed by atoms with Gasteiger partial charge in [-0.05, 0) is 116 Å². The van der Waals surface area contributed by atoms with Crippen LogP contribution >= 0.6 is 70.4 Å². The van der Waals surface area contributed by atoms with E-state index in [1.807, 2.05) is 32.2 Å². The molecule has 0 amide bonds. The maximum absolute atomic E-state index is 13.0. The van der Waals surface area contributed by atoms with Crippen LogP contribution in [0.15, 0.2) is 58.2 Å². The summed E-state index contributed by atoms with van der Waals surface area (Å²) in [6.45, 7) is 7.40. The van der Waals surface area contributed by atoms with Crippen molar-refractivity contribution >= 4 is 92.9 Å². The van der Waals surface area contributed by atoms with Gasteiger partial charge in [-0.1, -0.05) is 46.4 Å². The van der Waals surface area contributed by atoms with Gasteiger partial charge in [-0.3, -0.25) is 9.36 Å². The summed E-state index contributed by atoms with van der Waals surface area (Å²) in [5.74, 6) is 0.0139. The fourth-order valence-electron chi connectivity index (χ4n) is 4.44. The van der Waals surface area contributed by atoms with Gasteiger partial charge in [0.2, 0.25) is 0 Å². The van der Waals surface area contributed by atoms with E-state index in [0.717, 1.165) is 46.0 Å². The molecular weight excluding hydrogens is 801 g/mol. The number of benzene rings is 4. The second kappa shape index (κ2) is 21.7. The monoisotopic (exact) mass is 832 g/mol. The molecule has 0 spiro atoms. The number of aromatic nitrogens is 2. The van der Waals surface area contributed by atoms with Gasteiger partial charge >= 0.3 is 35.5 Å². The molecule has 270 valence electrons. The molecule has 0 aliphatic heterocycles. The Balaban J connectivity index is 0.000000411. The molecule has 17 heteroatoms. The third kappa shape index (κ3) is 11.8. The topological polar surface area (TPSA) is 166 Å². The quantitative estimate of drug-likeness (QED) is 0.0618. The molecule has 0 fully saturated rings. The van der Waals surface area contributed by atoms with Gasteiger partial charge in [0, 0.05) is 26.7 Å². The van der Waals surface area contributed by atoms with Crippen LogP contribution < -0.4 is 55.4 Å². The summed E-state index contributed by atoms with van der Waals surface area (Å²) in [7, 11) is 3.82.